The molecule has 2 aromatic heterocycles. The van der Waals surface area contributed by atoms with Crippen molar-refractivity contribution in [3.8, 4) is 26.7 Å². The molecule has 0 radical (unpaired) electrons. The molecule has 3 heterocycles. The van der Waals surface area contributed by atoms with Crippen molar-refractivity contribution in [2.75, 3.05) is 12.8 Å². The van der Waals surface area contributed by atoms with E-state index in [4.69, 9.17) is 16.7 Å². The first-order chi connectivity index (χ1) is 18.3. The Hall–Kier alpha value is -3.23. The minimum atomic E-state index is -3.28. The highest BCUT2D eigenvalue weighted by atomic mass is 35.5. The molecule has 8 heteroatoms. The minimum Gasteiger partial charge on any atom is -0.293 e. The lowest BCUT2D eigenvalue weighted by atomic mass is 10.00. The highest BCUT2D eigenvalue weighted by Gasteiger charge is 2.20. The third kappa shape index (κ3) is 5.07. The Morgan fingerprint density at radius 3 is 2.47 bits per heavy atom. The predicted octanol–water partition coefficient (Wildman–Crippen LogP) is 6.88. The van der Waals surface area contributed by atoms with Gasteiger partial charge in [-0.2, -0.15) is 5.10 Å². The quantitative estimate of drug-likeness (QED) is 0.227. The summed E-state index contributed by atoms with van der Waals surface area (Å²) < 4.78 is 26.1. The maximum Gasteiger partial charge on any atom is 0.175 e. The van der Waals surface area contributed by atoms with Crippen LogP contribution in [0.5, 0.6) is 0 Å². The van der Waals surface area contributed by atoms with Crippen molar-refractivity contribution < 1.29 is 8.42 Å². The normalized spacial score (nSPS) is 13.9. The number of aromatic nitrogens is 2. The molecule has 5 aromatic rings. The number of fused-ring (bicyclic) bond motifs is 1. The zero-order valence-corrected chi connectivity index (χ0v) is 23.2. The van der Waals surface area contributed by atoms with Crippen molar-refractivity contribution in [1.82, 2.24) is 14.7 Å². The first kappa shape index (κ1) is 25.1. The van der Waals surface area contributed by atoms with Gasteiger partial charge in [-0.05, 0) is 65.6 Å². The van der Waals surface area contributed by atoms with Crippen LogP contribution in [0.2, 0.25) is 5.02 Å². The monoisotopic (exact) mass is 559 g/mol. The SMILES string of the molecule is CS(=O)(=O)c1cccc(-c2ccc(-c3cc(CN4CCc5ccccc5C4)nn3-c3ccccc3Cl)s2)c1. The summed E-state index contributed by atoms with van der Waals surface area (Å²) >= 11 is 8.22. The van der Waals surface area contributed by atoms with Crippen molar-refractivity contribution in [3.63, 3.8) is 0 Å². The summed E-state index contributed by atoms with van der Waals surface area (Å²) in [5.41, 5.74) is 6.45. The molecule has 38 heavy (non-hydrogen) atoms. The van der Waals surface area contributed by atoms with E-state index in [0.29, 0.717) is 9.92 Å². The molecule has 0 spiro atoms. The molecule has 0 unspecified atom stereocenters. The number of thiophene rings is 1. The van der Waals surface area contributed by atoms with Gasteiger partial charge in [0, 0.05) is 30.8 Å². The zero-order chi connectivity index (χ0) is 26.3. The maximum atomic E-state index is 12.1. The first-order valence-corrected chi connectivity index (χ1v) is 15.5. The molecule has 0 fully saturated rings. The van der Waals surface area contributed by atoms with Crippen LogP contribution in [0.1, 0.15) is 16.8 Å². The summed E-state index contributed by atoms with van der Waals surface area (Å²) in [5, 5.41) is 5.65. The Labute approximate surface area is 231 Å². The average Bonchev–Trinajstić information content (AvgIpc) is 3.56. The predicted molar refractivity (Wildman–Crippen MR) is 155 cm³/mol. The fraction of sp³-hybridized carbons (Fsp3) is 0.167. The molecule has 0 bridgehead atoms. The van der Waals surface area contributed by atoms with E-state index in [1.54, 1.807) is 29.5 Å². The van der Waals surface area contributed by atoms with Crippen LogP contribution >= 0.6 is 22.9 Å². The molecule has 5 nitrogen and oxygen atoms in total. The van der Waals surface area contributed by atoms with Gasteiger partial charge < -0.3 is 0 Å². The Kier molecular flexibility index (Phi) is 6.70. The van der Waals surface area contributed by atoms with Gasteiger partial charge in [0.1, 0.15) is 0 Å². The smallest absolute Gasteiger partial charge is 0.175 e. The Morgan fingerprint density at radius 1 is 0.895 bits per heavy atom. The van der Waals surface area contributed by atoms with Gasteiger partial charge in [-0.1, -0.05) is 60.1 Å². The number of hydrogen-bond acceptors (Lipinski definition) is 5. The number of nitrogens with zero attached hydrogens (tertiary/aromatic N) is 3. The molecule has 192 valence electrons. The van der Waals surface area contributed by atoms with E-state index in [2.05, 4.69) is 41.3 Å². The van der Waals surface area contributed by atoms with E-state index in [9.17, 15) is 8.42 Å². The molecule has 0 saturated carbocycles. The van der Waals surface area contributed by atoms with Gasteiger partial charge in [-0.3, -0.25) is 4.90 Å². The van der Waals surface area contributed by atoms with Crippen LogP contribution in [0.3, 0.4) is 0 Å². The zero-order valence-electron chi connectivity index (χ0n) is 20.8. The van der Waals surface area contributed by atoms with Crippen LogP contribution in [-0.4, -0.2) is 35.9 Å². The number of sulfone groups is 1. The largest absolute Gasteiger partial charge is 0.293 e. The van der Waals surface area contributed by atoms with E-state index in [-0.39, 0.29) is 0 Å². The second-order valence-corrected chi connectivity index (χ2v) is 13.1. The molecule has 3 aromatic carbocycles. The topological polar surface area (TPSA) is 55.2 Å². The van der Waals surface area contributed by atoms with E-state index in [1.807, 2.05) is 41.1 Å². The Bertz CT molecular complexity index is 1740. The van der Waals surface area contributed by atoms with Crippen LogP contribution in [0.25, 0.3) is 26.7 Å². The van der Waals surface area contributed by atoms with Gasteiger partial charge in [-0.25, -0.2) is 13.1 Å². The molecule has 1 aliphatic rings. The molecule has 6 rings (SSSR count). The lowest BCUT2D eigenvalue weighted by Gasteiger charge is -2.27. The van der Waals surface area contributed by atoms with Gasteiger partial charge >= 0.3 is 0 Å². The van der Waals surface area contributed by atoms with Crippen LogP contribution in [-0.2, 0) is 29.3 Å². The molecule has 0 aliphatic carbocycles. The van der Waals surface area contributed by atoms with Gasteiger partial charge in [0.05, 0.1) is 31.9 Å². The van der Waals surface area contributed by atoms with Crippen molar-refractivity contribution in [2.24, 2.45) is 0 Å². The first-order valence-electron chi connectivity index (χ1n) is 12.4. The fourth-order valence-corrected chi connectivity index (χ4v) is 6.81. The molecule has 0 N–H and O–H groups in total. The summed E-state index contributed by atoms with van der Waals surface area (Å²) in [6.45, 7) is 2.64. The lowest BCUT2D eigenvalue weighted by molar-refractivity contribution is 0.242. The lowest BCUT2D eigenvalue weighted by Crippen LogP contribution is -2.30. The molecular formula is C30H26ClN3O2S2. The van der Waals surface area contributed by atoms with Gasteiger partial charge in [-0.15, -0.1) is 11.3 Å². The van der Waals surface area contributed by atoms with Crippen LogP contribution in [0.15, 0.2) is 95.9 Å². The summed E-state index contributed by atoms with van der Waals surface area (Å²) in [4.78, 5) is 4.78. The molecule has 1 aliphatic heterocycles. The van der Waals surface area contributed by atoms with Crippen molar-refractivity contribution in [3.05, 3.63) is 113 Å². The third-order valence-corrected chi connectivity index (χ3v) is 9.43. The maximum absolute atomic E-state index is 12.1. The van der Waals surface area contributed by atoms with Crippen LogP contribution < -0.4 is 0 Å². The van der Waals surface area contributed by atoms with Gasteiger partial charge in [0.2, 0.25) is 0 Å². The minimum absolute atomic E-state index is 0.316. The summed E-state index contributed by atoms with van der Waals surface area (Å²) in [6.07, 6.45) is 2.27. The number of hydrogen-bond donors (Lipinski definition) is 0. The summed E-state index contributed by atoms with van der Waals surface area (Å²) in [5.74, 6) is 0. The Balaban J connectivity index is 1.36. The molecule has 0 saturated heterocycles. The number of benzene rings is 3. The van der Waals surface area contributed by atoms with E-state index in [1.165, 1.54) is 17.4 Å². The highest BCUT2D eigenvalue weighted by molar-refractivity contribution is 7.90. The highest BCUT2D eigenvalue weighted by Crippen LogP contribution is 2.37. The van der Waals surface area contributed by atoms with Crippen molar-refractivity contribution in [1.29, 1.82) is 0 Å². The van der Waals surface area contributed by atoms with Crippen molar-refractivity contribution >= 4 is 32.8 Å². The number of rotatable bonds is 6. The Morgan fingerprint density at radius 2 is 1.66 bits per heavy atom. The van der Waals surface area contributed by atoms with Crippen LogP contribution in [0, 0.1) is 0 Å². The second kappa shape index (κ2) is 10.2. The van der Waals surface area contributed by atoms with E-state index < -0.39 is 9.84 Å². The van der Waals surface area contributed by atoms with E-state index in [0.717, 1.165) is 58.4 Å². The fourth-order valence-electron chi connectivity index (χ4n) is 4.92. The van der Waals surface area contributed by atoms with Crippen molar-refractivity contribution in [2.45, 2.75) is 24.4 Å². The second-order valence-electron chi connectivity index (χ2n) is 9.58. The molecule has 0 atom stereocenters. The van der Waals surface area contributed by atoms with E-state index >= 15 is 0 Å². The summed E-state index contributed by atoms with van der Waals surface area (Å²) in [6, 6.07) is 29.7. The number of halogens is 1. The van der Waals surface area contributed by atoms with Crippen LogP contribution in [0.4, 0.5) is 0 Å². The molecular weight excluding hydrogens is 534 g/mol. The van der Waals surface area contributed by atoms with Gasteiger partial charge in [0.25, 0.3) is 0 Å². The third-order valence-electron chi connectivity index (χ3n) is 6.84. The standard InChI is InChI=1S/C30H26ClN3O2S2/c1-38(35,36)25-10-6-9-22(17-25)29-13-14-30(37-29)28-18-24(32-34(28)27-12-5-4-11-26(27)31)20-33-16-15-21-7-2-3-8-23(21)19-33/h2-14,17-18H,15-16,19-20H2,1H3. The van der Waals surface area contributed by atoms with Gasteiger partial charge in [0.15, 0.2) is 9.84 Å². The average molecular weight is 560 g/mol. The molecule has 0 amide bonds. The summed E-state index contributed by atoms with van der Waals surface area (Å²) in [7, 11) is -3.28. The number of para-hydroxylation sites is 1.